The van der Waals surface area contributed by atoms with E-state index in [1.165, 1.54) is 14.2 Å². The van der Waals surface area contributed by atoms with Crippen LogP contribution in [0.5, 0.6) is 5.75 Å². The Labute approximate surface area is 124 Å². The summed E-state index contributed by atoms with van der Waals surface area (Å²) in [4.78, 5) is 23.9. The first-order valence-corrected chi connectivity index (χ1v) is 6.49. The largest absolute Gasteiger partial charge is 0.497 e. The molecule has 0 amide bonds. The molecule has 5 nitrogen and oxygen atoms in total. The summed E-state index contributed by atoms with van der Waals surface area (Å²) in [5.74, 6) is -1.96. The van der Waals surface area contributed by atoms with Crippen molar-refractivity contribution in [3.63, 3.8) is 0 Å². The predicted octanol–water partition coefficient (Wildman–Crippen LogP) is 2.32. The van der Waals surface area contributed by atoms with Crippen LogP contribution in [-0.2, 0) is 19.1 Å². The zero-order valence-corrected chi connectivity index (χ0v) is 12.5. The maximum atomic E-state index is 11.9. The van der Waals surface area contributed by atoms with Gasteiger partial charge in [0.15, 0.2) is 5.92 Å². The minimum Gasteiger partial charge on any atom is -0.497 e. The van der Waals surface area contributed by atoms with Crippen LogP contribution < -0.4 is 4.74 Å². The molecule has 0 aliphatic carbocycles. The Morgan fingerprint density at radius 3 is 2.00 bits per heavy atom. The van der Waals surface area contributed by atoms with Crippen molar-refractivity contribution in [3.8, 4) is 5.75 Å². The monoisotopic (exact) mass is 292 g/mol. The van der Waals surface area contributed by atoms with Gasteiger partial charge in [0, 0.05) is 5.92 Å². The third-order valence-electron chi connectivity index (χ3n) is 3.28. The van der Waals surface area contributed by atoms with Crippen LogP contribution >= 0.6 is 0 Å². The van der Waals surface area contributed by atoms with Gasteiger partial charge >= 0.3 is 11.9 Å². The van der Waals surface area contributed by atoms with E-state index < -0.39 is 23.8 Å². The second kappa shape index (κ2) is 8.09. The summed E-state index contributed by atoms with van der Waals surface area (Å²) in [7, 11) is 4.07. The van der Waals surface area contributed by atoms with Crippen molar-refractivity contribution in [2.75, 3.05) is 21.3 Å². The summed E-state index contributed by atoms with van der Waals surface area (Å²) in [6, 6.07) is 7.17. The molecule has 1 aromatic rings. The molecular formula is C16H20O5. The fourth-order valence-corrected chi connectivity index (χ4v) is 2.17. The lowest BCUT2D eigenvalue weighted by Gasteiger charge is -2.22. The van der Waals surface area contributed by atoms with Crippen molar-refractivity contribution in [1.82, 2.24) is 0 Å². The van der Waals surface area contributed by atoms with E-state index in [0.29, 0.717) is 12.2 Å². The zero-order valence-electron chi connectivity index (χ0n) is 12.5. The average Bonchev–Trinajstić information content (AvgIpc) is 2.53. The van der Waals surface area contributed by atoms with Gasteiger partial charge in [-0.15, -0.1) is 6.58 Å². The molecule has 0 aliphatic heterocycles. The van der Waals surface area contributed by atoms with Gasteiger partial charge in [0.25, 0.3) is 0 Å². The molecule has 114 valence electrons. The highest BCUT2D eigenvalue weighted by molar-refractivity contribution is 5.96. The maximum absolute atomic E-state index is 11.9. The summed E-state index contributed by atoms with van der Waals surface area (Å²) < 4.78 is 14.6. The Bertz CT molecular complexity index is 476. The number of carbonyl (C=O) groups excluding carboxylic acids is 2. The van der Waals surface area contributed by atoms with E-state index in [1.54, 1.807) is 25.3 Å². The van der Waals surface area contributed by atoms with Crippen LogP contribution in [0.15, 0.2) is 36.9 Å². The average molecular weight is 292 g/mol. The lowest BCUT2D eigenvalue weighted by Crippen LogP contribution is -2.32. The summed E-state index contributed by atoms with van der Waals surface area (Å²) in [5, 5.41) is 0. The summed E-state index contributed by atoms with van der Waals surface area (Å²) >= 11 is 0. The third-order valence-corrected chi connectivity index (χ3v) is 3.28. The van der Waals surface area contributed by atoms with E-state index in [2.05, 4.69) is 6.58 Å². The van der Waals surface area contributed by atoms with Crippen molar-refractivity contribution in [3.05, 3.63) is 42.5 Å². The molecule has 0 heterocycles. The summed E-state index contributed by atoms with van der Waals surface area (Å²) in [5.41, 5.74) is 0.816. The Morgan fingerprint density at radius 1 is 1.10 bits per heavy atom. The number of esters is 2. The fourth-order valence-electron chi connectivity index (χ4n) is 2.17. The van der Waals surface area contributed by atoms with Gasteiger partial charge in [-0.2, -0.15) is 0 Å². The quantitative estimate of drug-likeness (QED) is 0.438. The van der Waals surface area contributed by atoms with Crippen molar-refractivity contribution >= 4 is 11.9 Å². The molecule has 0 saturated heterocycles. The minimum atomic E-state index is -1.02. The lowest BCUT2D eigenvalue weighted by molar-refractivity contribution is -0.159. The maximum Gasteiger partial charge on any atom is 0.320 e. The van der Waals surface area contributed by atoms with Crippen molar-refractivity contribution in [1.29, 1.82) is 0 Å². The SMILES string of the molecule is C=CCC(c1ccc(OC)cc1)C(C(=O)OC)C(=O)OC. The van der Waals surface area contributed by atoms with Crippen molar-refractivity contribution < 1.29 is 23.8 Å². The van der Waals surface area contributed by atoms with E-state index in [-0.39, 0.29) is 0 Å². The van der Waals surface area contributed by atoms with Crippen LogP contribution in [0.4, 0.5) is 0 Å². The van der Waals surface area contributed by atoms with Gasteiger partial charge in [0.05, 0.1) is 21.3 Å². The molecule has 0 fully saturated rings. The first kappa shape index (κ1) is 16.8. The van der Waals surface area contributed by atoms with E-state index in [4.69, 9.17) is 14.2 Å². The highest BCUT2D eigenvalue weighted by Crippen LogP contribution is 2.31. The molecule has 5 heteroatoms. The molecule has 1 aromatic carbocycles. The zero-order chi connectivity index (χ0) is 15.8. The lowest BCUT2D eigenvalue weighted by atomic mass is 9.83. The van der Waals surface area contributed by atoms with Gasteiger partial charge < -0.3 is 14.2 Å². The third kappa shape index (κ3) is 4.08. The molecule has 0 saturated carbocycles. The van der Waals surface area contributed by atoms with Gasteiger partial charge in [-0.25, -0.2) is 0 Å². The molecule has 0 aliphatic rings. The number of hydrogen-bond acceptors (Lipinski definition) is 5. The normalized spacial score (nSPS) is 11.6. The van der Waals surface area contributed by atoms with Crippen molar-refractivity contribution in [2.24, 2.45) is 5.92 Å². The number of methoxy groups -OCH3 is 3. The molecule has 1 unspecified atom stereocenters. The van der Waals surface area contributed by atoms with Gasteiger partial charge in [-0.1, -0.05) is 18.2 Å². The van der Waals surface area contributed by atoms with Crippen LogP contribution in [-0.4, -0.2) is 33.3 Å². The summed E-state index contributed by atoms with van der Waals surface area (Å²) in [6.07, 6.45) is 2.11. The molecule has 1 atom stereocenters. The molecule has 0 radical (unpaired) electrons. The first-order chi connectivity index (χ1) is 10.1. The molecule has 0 aromatic heterocycles. The molecule has 0 spiro atoms. The van der Waals surface area contributed by atoms with Gasteiger partial charge in [0.2, 0.25) is 0 Å². The van der Waals surface area contributed by atoms with E-state index in [0.717, 1.165) is 5.56 Å². The van der Waals surface area contributed by atoms with Crippen LogP contribution in [0.25, 0.3) is 0 Å². The van der Waals surface area contributed by atoms with E-state index in [1.807, 2.05) is 12.1 Å². The van der Waals surface area contributed by atoms with Gasteiger partial charge in [0.1, 0.15) is 5.75 Å². The second-order valence-electron chi connectivity index (χ2n) is 4.43. The van der Waals surface area contributed by atoms with E-state index in [9.17, 15) is 9.59 Å². The Kier molecular flexibility index (Phi) is 6.46. The Hall–Kier alpha value is -2.30. The predicted molar refractivity (Wildman–Crippen MR) is 78.1 cm³/mol. The second-order valence-corrected chi connectivity index (χ2v) is 4.43. The fraction of sp³-hybridized carbons (Fsp3) is 0.375. The van der Waals surface area contributed by atoms with Crippen LogP contribution in [0.1, 0.15) is 17.9 Å². The molecule has 21 heavy (non-hydrogen) atoms. The summed E-state index contributed by atoms with van der Waals surface area (Å²) in [6.45, 7) is 3.68. The minimum absolute atomic E-state index is 0.395. The highest BCUT2D eigenvalue weighted by atomic mass is 16.5. The van der Waals surface area contributed by atoms with Crippen LogP contribution in [0.3, 0.4) is 0 Å². The topological polar surface area (TPSA) is 61.8 Å². The van der Waals surface area contributed by atoms with E-state index >= 15 is 0 Å². The number of benzene rings is 1. The van der Waals surface area contributed by atoms with Crippen molar-refractivity contribution in [2.45, 2.75) is 12.3 Å². The first-order valence-electron chi connectivity index (χ1n) is 6.49. The highest BCUT2D eigenvalue weighted by Gasteiger charge is 2.37. The van der Waals surface area contributed by atoms with Gasteiger partial charge in [-0.3, -0.25) is 9.59 Å². The number of carbonyl (C=O) groups is 2. The number of allylic oxidation sites excluding steroid dienone is 1. The Morgan fingerprint density at radius 2 is 1.62 bits per heavy atom. The molecule has 1 rings (SSSR count). The smallest absolute Gasteiger partial charge is 0.320 e. The number of rotatable bonds is 7. The standard InChI is InChI=1S/C16H20O5/c1-5-6-13(11-7-9-12(19-2)10-8-11)14(15(17)20-3)16(18)21-4/h5,7-10,13-14H,1,6H2,2-4H3. The van der Waals surface area contributed by atoms with Crippen LogP contribution in [0, 0.1) is 5.92 Å². The molecule has 0 bridgehead atoms. The number of hydrogen-bond donors (Lipinski definition) is 0. The van der Waals surface area contributed by atoms with Crippen LogP contribution in [0.2, 0.25) is 0 Å². The molecule has 0 N–H and O–H groups in total. The Balaban J connectivity index is 3.18. The molecular weight excluding hydrogens is 272 g/mol. The van der Waals surface area contributed by atoms with Gasteiger partial charge in [-0.05, 0) is 24.1 Å². The number of ether oxygens (including phenoxy) is 3.